The molecule has 0 N–H and O–H groups in total. The molecule has 0 rings (SSSR count). The van der Waals surface area contributed by atoms with Crippen molar-refractivity contribution >= 4 is 17.9 Å². The molecule has 0 aliphatic rings. The minimum atomic E-state index is -0.775. The van der Waals surface area contributed by atoms with Crippen LogP contribution in [0.2, 0.25) is 0 Å². The van der Waals surface area contributed by atoms with Gasteiger partial charge in [0.25, 0.3) is 0 Å². The zero-order valence-corrected chi connectivity index (χ0v) is 56.5. The van der Waals surface area contributed by atoms with Gasteiger partial charge in [-0.25, -0.2) is 0 Å². The van der Waals surface area contributed by atoms with Crippen LogP contribution in [-0.2, 0) is 28.6 Å². The van der Waals surface area contributed by atoms with Crippen LogP contribution in [0.15, 0.2) is 24.3 Å². The third-order valence-corrected chi connectivity index (χ3v) is 17.4. The largest absolute Gasteiger partial charge is 0.462 e. The van der Waals surface area contributed by atoms with Crippen LogP contribution in [0.5, 0.6) is 0 Å². The summed E-state index contributed by atoms with van der Waals surface area (Å²) in [4.78, 5) is 38.5. The predicted octanol–water partition coefficient (Wildman–Crippen LogP) is 26.1. The molecule has 490 valence electrons. The molecule has 0 amide bonds. The summed E-state index contributed by atoms with van der Waals surface area (Å²) in [6.45, 7) is 6.72. The average molecular weight is 1170 g/mol. The van der Waals surface area contributed by atoms with E-state index < -0.39 is 6.10 Å². The Balaban J connectivity index is 4.20. The number of esters is 3. The lowest BCUT2D eigenvalue weighted by Crippen LogP contribution is -2.30. The Hall–Kier alpha value is -2.11. The Morgan fingerprint density at radius 2 is 0.398 bits per heavy atom. The quantitative estimate of drug-likeness (QED) is 0.0261. The van der Waals surface area contributed by atoms with Gasteiger partial charge >= 0.3 is 17.9 Å². The van der Waals surface area contributed by atoms with Crippen LogP contribution in [0.4, 0.5) is 0 Å². The van der Waals surface area contributed by atoms with E-state index in [2.05, 4.69) is 45.1 Å². The lowest BCUT2D eigenvalue weighted by molar-refractivity contribution is -0.167. The van der Waals surface area contributed by atoms with E-state index in [1.165, 1.54) is 327 Å². The third-order valence-electron chi connectivity index (χ3n) is 17.4. The number of unbranched alkanes of at least 4 members (excludes halogenated alkanes) is 56. The zero-order valence-electron chi connectivity index (χ0n) is 56.5. The van der Waals surface area contributed by atoms with Crippen molar-refractivity contribution in [3.8, 4) is 0 Å². The van der Waals surface area contributed by atoms with E-state index in [0.29, 0.717) is 19.3 Å². The minimum absolute atomic E-state index is 0.0690. The number of ether oxygens (including phenoxy) is 3. The maximum atomic E-state index is 13.0. The van der Waals surface area contributed by atoms with E-state index >= 15 is 0 Å². The summed E-state index contributed by atoms with van der Waals surface area (Å²) in [7, 11) is 0. The third kappa shape index (κ3) is 70.5. The van der Waals surface area contributed by atoms with Gasteiger partial charge in [-0.05, 0) is 70.6 Å². The van der Waals surface area contributed by atoms with Gasteiger partial charge in [-0.15, -0.1) is 0 Å². The molecule has 0 saturated heterocycles. The molecule has 0 heterocycles. The normalized spacial score (nSPS) is 12.1. The fourth-order valence-corrected chi connectivity index (χ4v) is 11.7. The molecule has 6 heteroatoms. The van der Waals surface area contributed by atoms with Gasteiger partial charge in [0, 0.05) is 19.3 Å². The van der Waals surface area contributed by atoms with Crippen molar-refractivity contribution in [2.24, 2.45) is 0 Å². The molecule has 0 aliphatic carbocycles. The average Bonchev–Trinajstić information content (AvgIpc) is 3.49. The molecule has 0 aromatic carbocycles. The maximum absolute atomic E-state index is 13.0. The highest BCUT2D eigenvalue weighted by Crippen LogP contribution is 2.19. The van der Waals surface area contributed by atoms with Crippen LogP contribution in [-0.4, -0.2) is 37.2 Å². The summed E-state index contributed by atoms with van der Waals surface area (Å²) in [6, 6.07) is 0. The molecule has 83 heavy (non-hydrogen) atoms. The highest BCUT2D eigenvalue weighted by atomic mass is 16.6. The van der Waals surface area contributed by atoms with E-state index in [0.717, 1.165) is 64.2 Å². The van der Waals surface area contributed by atoms with Crippen LogP contribution >= 0.6 is 0 Å². The van der Waals surface area contributed by atoms with E-state index in [-0.39, 0.29) is 31.1 Å². The molecular formula is C77H146O6. The van der Waals surface area contributed by atoms with Crippen molar-refractivity contribution in [3.05, 3.63) is 24.3 Å². The number of hydrogen-bond donors (Lipinski definition) is 0. The molecule has 0 saturated carbocycles. The summed E-state index contributed by atoms with van der Waals surface area (Å²) in [5.41, 5.74) is 0. The van der Waals surface area contributed by atoms with Gasteiger partial charge in [0.05, 0.1) is 0 Å². The lowest BCUT2D eigenvalue weighted by atomic mass is 10.0. The number of carbonyl (C=O) groups is 3. The van der Waals surface area contributed by atoms with Gasteiger partial charge in [-0.2, -0.15) is 0 Å². The number of rotatable bonds is 71. The van der Waals surface area contributed by atoms with Gasteiger partial charge in [0.15, 0.2) is 6.10 Å². The molecule has 1 atom stereocenters. The van der Waals surface area contributed by atoms with Crippen LogP contribution in [0.3, 0.4) is 0 Å². The highest BCUT2D eigenvalue weighted by molar-refractivity contribution is 5.71. The predicted molar refractivity (Wildman–Crippen MR) is 363 cm³/mol. The first kappa shape index (κ1) is 80.9. The molecular weight excluding hydrogens is 1020 g/mol. The van der Waals surface area contributed by atoms with Gasteiger partial charge in [0.1, 0.15) is 13.2 Å². The van der Waals surface area contributed by atoms with Gasteiger partial charge in [-0.1, -0.05) is 366 Å². The molecule has 0 aliphatic heterocycles. The van der Waals surface area contributed by atoms with Crippen LogP contribution < -0.4 is 0 Å². The Kier molecular flexibility index (Phi) is 70.5. The number of hydrogen-bond acceptors (Lipinski definition) is 6. The highest BCUT2D eigenvalue weighted by Gasteiger charge is 2.20. The summed E-state index contributed by atoms with van der Waals surface area (Å²) in [5, 5.41) is 0. The second-order valence-corrected chi connectivity index (χ2v) is 25.9. The first-order valence-corrected chi connectivity index (χ1v) is 37.8. The van der Waals surface area contributed by atoms with E-state index in [1.807, 2.05) is 0 Å². The molecule has 0 aromatic rings. The van der Waals surface area contributed by atoms with Crippen molar-refractivity contribution in [1.29, 1.82) is 0 Å². The standard InChI is InChI=1S/C77H146O6/c1-4-7-10-13-16-19-22-25-28-30-32-34-35-36-37-38-39-40-41-43-44-46-49-52-55-58-61-64-67-70-76(79)82-73-74(72-81-75(78)69-66-63-60-57-54-51-48-27-24-21-18-15-12-9-6-3)83-77(80)71-68-65-62-59-56-53-50-47-45-42-33-31-29-26-23-20-17-14-11-8-5-2/h27,31,33,48,74H,4-26,28-30,32,34-47,49-73H2,1-3H3/b33-31-,48-27-. The van der Waals surface area contributed by atoms with Crippen molar-refractivity contribution in [1.82, 2.24) is 0 Å². The zero-order chi connectivity index (χ0) is 59.9. The number of allylic oxidation sites excluding steroid dienone is 4. The lowest BCUT2D eigenvalue weighted by Gasteiger charge is -2.18. The van der Waals surface area contributed by atoms with Crippen LogP contribution in [0.1, 0.15) is 432 Å². The molecule has 0 fully saturated rings. The van der Waals surface area contributed by atoms with E-state index in [4.69, 9.17) is 14.2 Å². The molecule has 0 aromatic heterocycles. The van der Waals surface area contributed by atoms with Crippen molar-refractivity contribution in [3.63, 3.8) is 0 Å². The van der Waals surface area contributed by atoms with Crippen LogP contribution in [0, 0.1) is 0 Å². The molecule has 0 radical (unpaired) electrons. The minimum Gasteiger partial charge on any atom is -0.462 e. The van der Waals surface area contributed by atoms with Gasteiger partial charge < -0.3 is 14.2 Å². The summed E-state index contributed by atoms with van der Waals surface area (Å²) < 4.78 is 17.0. The Morgan fingerprint density at radius 1 is 0.229 bits per heavy atom. The monoisotopic (exact) mass is 1170 g/mol. The summed E-state index contributed by atoms with van der Waals surface area (Å²) in [5.74, 6) is -0.846. The summed E-state index contributed by atoms with van der Waals surface area (Å²) >= 11 is 0. The van der Waals surface area contributed by atoms with Crippen molar-refractivity contribution in [2.75, 3.05) is 13.2 Å². The Labute approximate surface area is 519 Å². The van der Waals surface area contributed by atoms with E-state index in [1.54, 1.807) is 0 Å². The molecule has 0 spiro atoms. The van der Waals surface area contributed by atoms with Crippen LogP contribution in [0.25, 0.3) is 0 Å². The van der Waals surface area contributed by atoms with Gasteiger partial charge in [0.2, 0.25) is 0 Å². The molecule has 6 nitrogen and oxygen atoms in total. The second kappa shape index (κ2) is 72.4. The summed E-state index contributed by atoms with van der Waals surface area (Å²) in [6.07, 6.45) is 89.4. The molecule has 0 bridgehead atoms. The Morgan fingerprint density at radius 3 is 0.602 bits per heavy atom. The first-order valence-electron chi connectivity index (χ1n) is 37.8. The van der Waals surface area contributed by atoms with Crippen molar-refractivity contribution < 1.29 is 28.6 Å². The fraction of sp³-hybridized carbons (Fsp3) is 0.909. The smallest absolute Gasteiger partial charge is 0.306 e. The Bertz CT molecular complexity index is 1340. The maximum Gasteiger partial charge on any atom is 0.306 e. The second-order valence-electron chi connectivity index (χ2n) is 25.9. The molecule has 1 unspecified atom stereocenters. The van der Waals surface area contributed by atoms with Crippen molar-refractivity contribution in [2.45, 2.75) is 438 Å². The fourth-order valence-electron chi connectivity index (χ4n) is 11.7. The first-order chi connectivity index (χ1) is 41.0. The number of carbonyl (C=O) groups excluding carboxylic acids is 3. The SMILES string of the molecule is CCCCCCCC/C=C\CCCCCCCC(=O)OCC(COC(=O)CCCCCCCCCCCCCCCCCCCCCCCCCCCCCCC)OC(=O)CCCCCCCCCCC/C=C\CCCCCCCCCC. The van der Waals surface area contributed by atoms with Gasteiger partial charge in [-0.3, -0.25) is 14.4 Å². The van der Waals surface area contributed by atoms with E-state index in [9.17, 15) is 14.4 Å². The topological polar surface area (TPSA) is 78.9 Å².